The number of methoxy groups -OCH3 is 1. The van der Waals surface area contributed by atoms with Crippen molar-refractivity contribution in [3.63, 3.8) is 0 Å². The van der Waals surface area contributed by atoms with E-state index < -0.39 is 12.1 Å². The summed E-state index contributed by atoms with van der Waals surface area (Å²) in [6.07, 6.45) is 5.04. The number of ether oxygens (including phenoxy) is 1. The Labute approximate surface area is 221 Å². The second-order valence-electron chi connectivity index (χ2n) is 9.60. The predicted molar refractivity (Wildman–Crippen MR) is 144 cm³/mol. The Balaban J connectivity index is 1.45. The average molecular weight is 530 g/mol. The van der Waals surface area contributed by atoms with E-state index in [1.807, 2.05) is 36.4 Å². The second-order valence-corrected chi connectivity index (χ2v) is 10.6. The first-order valence-corrected chi connectivity index (χ1v) is 13.0. The number of rotatable bonds is 10. The third-order valence-electron chi connectivity index (χ3n) is 7.25. The van der Waals surface area contributed by atoms with Crippen LogP contribution in [-0.2, 0) is 4.79 Å². The van der Waals surface area contributed by atoms with Gasteiger partial charge in [0.25, 0.3) is 0 Å². The van der Waals surface area contributed by atoms with E-state index in [1.165, 1.54) is 0 Å². The van der Waals surface area contributed by atoms with E-state index in [2.05, 4.69) is 14.9 Å². The van der Waals surface area contributed by atoms with Crippen LogP contribution in [0, 0.1) is 5.41 Å². The highest BCUT2D eigenvalue weighted by molar-refractivity contribution is 7.80. The van der Waals surface area contributed by atoms with Crippen molar-refractivity contribution >= 4 is 41.1 Å². The van der Waals surface area contributed by atoms with Crippen LogP contribution in [0.5, 0.6) is 5.75 Å². The Morgan fingerprint density at radius 1 is 1.25 bits per heavy atom. The van der Waals surface area contributed by atoms with Gasteiger partial charge in [-0.15, -0.1) is 0 Å². The molecule has 3 heterocycles. The molecule has 9 heteroatoms. The zero-order valence-electron chi connectivity index (χ0n) is 20.3. The summed E-state index contributed by atoms with van der Waals surface area (Å²) in [5, 5.41) is 22.0. The number of aliphatic hydroxyl groups excluding tert-OH is 1. The maximum absolute atomic E-state index is 11.8. The molecule has 0 bridgehead atoms. The molecule has 0 radical (unpaired) electrons. The summed E-state index contributed by atoms with van der Waals surface area (Å²) < 4.78 is 5.35. The summed E-state index contributed by atoms with van der Waals surface area (Å²) in [5.74, 6) is -0.154. The number of fused-ring (bicyclic) bond motifs is 1. The lowest BCUT2D eigenvalue weighted by Crippen LogP contribution is -2.42. The fraction of sp³-hybridized carbons (Fsp3) is 0.444. The highest BCUT2D eigenvalue weighted by Gasteiger charge is 2.37. The molecule has 7 nitrogen and oxygen atoms in total. The van der Waals surface area contributed by atoms with Gasteiger partial charge >= 0.3 is 5.97 Å². The number of piperidine rings is 1. The maximum atomic E-state index is 11.8. The van der Waals surface area contributed by atoms with Crippen LogP contribution >= 0.6 is 24.2 Å². The highest BCUT2D eigenvalue weighted by atomic mass is 35.5. The lowest BCUT2D eigenvalue weighted by Gasteiger charge is -2.42. The number of hydrogen-bond acceptors (Lipinski definition) is 7. The van der Waals surface area contributed by atoms with Gasteiger partial charge in [0.05, 0.1) is 41.1 Å². The fourth-order valence-electron chi connectivity index (χ4n) is 5.18. The third-order valence-corrected chi connectivity index (χ3v) is 7.98. The topological polar surface area (TPSA) is 95.8 Å². The first kappa shape index (κ1) is 26.7. The summed E-state index contributed by atoms with van der Waals surface area (Å²) >= 11 is 11.2. The van der Waals surface area contributed by atoms with E-state index >= 15 is 0 Å². The van der Waals surface area contributed by atoms with Crippen LogP contribution < -0.4 is 4.74 Å². The monoisotopic (exact) mass is 529 g/mol. The van der Waals surface area contributed by atoms with E-state index in [0.29, 0.717) is 29.2 Å². The summed E-state index contributed by atoms with van der Waals surface area (Å²) in [6, 6.07) is 11.3. The highest BCUT2D eigenvalue weighted by Crippen LogP contribution is 2.43. The molecule has 1 aliphatic heterocycles. The van der Waals surface area contributed by atoms with Crippen molar-refractivity contribution in [3.05, 3.63) is 65.1 Å². The molecule has 1 unspecified atom stereocenters. The largest absolute Gasteiger partial charge is 0.497 e. The summed E-state index contributed by atoms with van der Waals surface area (Å²) in [7, 11) is 1.59. The standard InChI is InChI=1S/C27H32ClN3O4S/c1-35-18-5-6-21-19(14-18)26(20(28)16-30-21)23(32)7-8-27(15-25(33)34)9-12-31(13-10-27)17-24(36)22-4-2-3-11-29-22/h2-6,11,14,16,23-24,32,36H,7-10,12-13,15,17H2,1H3,(H,33,34)/t23-,24?/m0/s1. The lowest BCUT2D eigenvalue weighted by atomic mass is 9.71. The summed E-state index contributed by atoms with van der Waals surface area (Å²) in [6.45, 7) is 2.32. The molecule has 2 aromatic heterocycles. The van der Waals surface area contributed by atoms with Gasteiger partial charge in [-0.3, -0.25) is 14.8 Å². The SMILES string of the molecule is COc1ccc2ncc(Cl)c([C@@H](O)CCC3(CC(=O)O)CCN(CC(S)c4ccccn4)CC3)c2c1. The number of carbonyl (C=O) groups is 1. The molecule has 0 amide bonds. The Morgan fingerprint density at radius 2 is 2.03 bits per heavy atom. The van der Waals surface area contributed by atoms with Gasteiger partial charge in [-0.1, -0.05) is 17.7 Å². The quantitative estimate of drug-likeness (QED) is 0.305. The zero-order valence-corrected chi connectivity index (χ0v) is 22.0. The summed E-state index contributed by atoms with van der Waals surface area (Å²) in [4.78, 5) is 22.9. The number of thiol groups is 1. The van der Waals surface area contributed by atoms with Gasteiger partial charge in [0.2, 0.25) is 0 Å². The van der Waals surface area contributed by atoms with Gasteiger partial charge in [0.15, 0.2) is 0 Å². The van der Waals surface area contributed by atoms with E-state index in [1.54, 1.807) is 19.5 Å². The Bertz CT molecular complexity index is 1190. The van der Waals surface area contributed by atoms with Crippen LogP contribution in [0.1, 0.15) is 54.7 Å². The van der Waals surface area contributed by atoms with Gasteiger partial charge in [-0.25, -0.2) is 0 Å². The van der Waals surface area contributed by atoms with Crippen molar-refractivity contribution in [2.45, 2.75) is 43.5 Å². The number of benzene rings is 1. The van der Waals surface area contributed by atoms with E-state index in [9.17, 15) is 15.0 Å². The minimum absolute atomic E-state index is 0.000833. The molecule has 36 heavy (non-hydrogen) atoms. The number of carboxylic acid groups (broad SMARTS) is 1. The fourth-order valence-corrected chi connectivity index (χ4v) is 5.84. The normalized spacial score (nSPS) is 17.6. The number of likely N-dealkylation sites (tertiary alicyclic amines) is 1. The Morgan fingerprint density at radius 3 is 2.69 bits per heavy atom. The number of carboxylic acids is 1. The second kappa shape index (κ2) is 11.8. The van der Waals surface area contributed by atoms with Crippen LogP contribution in [0.3, 0.4) is 0 Å². The molecule has 0 aliphatic carbocycles. The molecule has 1 aromatic carbocycles. The molecular formula is C27H32ClN3O4S. The van der Waals surface area contributed by atoms with Gasteiger partial charge < -0.3 is 19.8 Å². The number of pyridine rings is 2. The van der Waals surface area contributed by atoms with Gasteiger partial charge in [-0.2, -0.15) is 12.6 Å². The van der Waals surface area contributed by atoms with Crippen molar-refractivity contribution in [1.29, 1.82) is 0 Å². The molecule has 2 N–H and O–H groups in total. The van der Waals surface area contributed by atoms with Crippen molar-refractivity contribution in [2.24, 2.45) is 5.41 Å². The number of nitrogens with zero attached hydrogens (tertiary/aromatic N) is 3. The van der Waals surface area contributed by atoms with Crippen LogP contribution in [0.2, 0.25) is 5.02 Å². The number of aromatic nitrogens is 2. The van der Waals surface area contributed by atoms with Gasteiger partial charge in [-0.05, 0) is 74.5 Å². The van der Waals surface area contributed by atoms with E-state index in [0.717, 1.165) is 49.1 Å². The smallest absolute Gasteiger partial charge is 0.303 e. The first-order chi connectivity index (χ1) is 17.3. The number of aliphatic hydroxyl groups is 1. The molecular weight excluding hydrogens is 498 g/mol. The molecule has 192 valence electrons. The molecule has 1 fully saturated rings. The van der Waals surface area contributed by atoms with Crippen molar-refractivity contribution < 1.29 is 19.7 Å². The predicted octanol–water partition coefficient (Wildman–Crippen LogP) is 5.33. The molecule has 0 saturated carbocycles. The Hall–Kier alpha value is -2.39. The molecule has 4 rings (SSSR count). The Kier molecular flexibility index (Phi) is 8.72. The molecule has 1 aliphatic rings. The number of aliphatic carboxylic acids is 1. The minimum Gasteiger partial charge on any atom is -0.497 e. The molecule has 2 atom stereocenters. The molecule has 1 saturated heterocycles. The first-order valence-electron chi connectivity index (χ1n) is 12.1. The number of hydrogen-bond donors (Lipinski definition) is 3. The average Bonchev–Trinajstić information content (AvgIpc) is 2.88. The van der Waals surface area contributed by atoms with E-state index in [4.69, 9.17) is 29.0 Å². The minimum atomic E-state index is -0.843. The van der Waals surface area contributed by atoms with Crippen molar-refractivity contribution in [2.75, 3.05) is 26.7 Å². The number of halogens is 1. The zero-order chi connectivity index (χ0) is 25.7. The maximum Gasteiger partial charge on any atom is 0.303 e. The molecule has 0 spiro atoms. The van der Waals surface area contributed by atoms with Crippen LogP contribution in [0.25, 0.3) is 10.9 Å². The van der Waals surface area contributed by atoms with Gasteiger partial charge in [0.1, 0.15) is 5.75 Å². The van der Waals surface area contributed by atoms with Crippen molar-refractivity contribution in [3.8, 4) is 5.75 Å². The molecule has 3 aromatic rings. The van der Waals surface area contributed by atoms with Crippen LogP contribution in [0.15, 0.2) is 48.8 Å². The van der Waals surface area contributed by atoms with Gasteiger partial charge in [0, 0.05) is 29.9 Å². The third kappa shape index (κ3) is 6.29. The van der Waals surface area contributed by atoms with Crippen molar-refractivity contribution in [1.82, 2.24) is 14.9 Å². The van der Waals surface area contributed by atoms with E-state index in [-0.39, 0.29) is 17.1 Å². The summed E-state index contributed by atoms with van der Waals surface area (Å²) in [5.41, 5.74) is 1.88. The van der Waals surface area contributed by atoms with Crippen LogP contribution in [0.4, 0.5) is 0 Å². The van der Waals surface area contributed by atoms with Crippen LogP contribution in [-0.4, -0.2) is 57.8 Å². The lowest BCUT2D eigenvalue weighted by molar-refractivity contribution is -0.141.